The Balaban J connectivity index is 1.92. The number of hydrogen-bond donors (Lipinski definition) is 1. The molecule has 0 amide bonds. The van der Waals surface area contributed by atoms with E-state index in [2.05, 4.69) is 6.07 Å². The lowest BCUT2D eigenvalue weighted by Gasteiger charge is -2.09. The molecule has 0 radical (unpaired) electrons. The van der Waals surface area contributed by atoms with Gasteiger partial charge in [-0.05, 0) is 30.4 Å². The van der Waals surface area contributed by atoms with Crippen molar-refractivity contribution >= 4 is 0 Å². The van der Waals surface area contributed by atoms with Crippen LogP contribution in [0.1, 0.15) is 24.0 Å². The summed E-state index contributed by atoms with van der Waals surface area (Å²) in [6.45, 7) is 2.06. The Hall–Kier alpha value is -1.06. The lowest BCUT2D eigenvalue weighted by molar-refractivity contribution is 0.111. The smallest absolute Gasteiger partial charge is 0.123 e. The summed E-state index contributed by atoms with van der Waals surface area (Å²) in [7, 11) is 1.67. The van der Waals surface area contributed by atoms with Crippen LogP contribution in [0.2, 0.25) is 0 Å². The molecule has 88 valence electrons. The highest BCUT2D eigenvalue weighted by Crippen LogP contribution is 2.29. The summed E-state index contributed by atoms with van der Waals surface area (Å²) in [6.07, 6.45) is 2.66. The Morgan fingerprint density at radius 2 is 2.19 bits per heavy atom. The Kier molecular flexibility index (Phi) is 3.80. The van der Waals surface area contributed by atoms with Crippen molar-refractivity contribution in [2.45, 2.75) is 26.0 Å². The second-order valence-electron chi connectivity index (χ2n) is 4.31. The molecule has 16 heavy (non-hydrogen) atoms. The van der Waals surface area contributed by atoms with E-state index in [0.717, 1.165) is 29.4 Å². The second-order valence-corrected chi connectivity index (χ2v) is 4.31. The van der Waals surface area contributed by atoms with E-state index in [1.807, 2.05) is 12.1 Å². The molecule has 0 unspecified atom stereocenters. The maximum absolute atomic E-state index is 5.63. The zero-order chi connectivity index (χ0) is 11.4. The third-order valence-corrected chi connectivity index (χ3v) is 2.89. The molecule has 0 bridgehead atoms. The molecule has 0 atom stereocenters. The topological polar surface area (TPSA) is 44.5 Å². The highest BCUT2D eigenvalue weighted by Gasteiger charge is 2.21. The van der Waals surface area contributed by atoms with Crippen molar-refractivity contribution in [3.05, 3.63) is 29.3 Å². The van der Waals surface area contributed by atoms with Crippen LogP contribution in [-0.2, 0) is 17.9 Å². The van der Waals surface area contributed by atoms with E-state index in [-0.39, 0.29) is 0 Å². The first-order chi connectivity index (χ1) is 7.83. The van der Waals surface area contributed by atoms with Crippen LogP contribution in [0.4, 0.5) is 0 Å². The second kappa shape index (κ2) is 5.32. The average Bonchev–Trinajstić information content (AvgIpc) is 3.13. The quantitative estimate of drug-likeness (QED) is 0.800. The van der Waals surface area contributed by atoms with Crippen molar-refractivity contribution < 1.29 is 9.47 Å². The highest BCUT2D eigenvalue weighted by atomic mass is 16.5. The largest absolute Gasteiger partial charge is 0.496 e. The zero-order valence-corrected chi connectivity index (χ0v) is 9.74. The molecule has 0 saturated heterocycles. The summed E-state index contributed by atoms with van der Waals surface area (Å²) in [6, 6.07) is 6.07. The number of hydrogen-bond acceptors (Lipinski definition) is 3. The molecular weight excluding hydrogens is 202 g/mol. The summed E-state index contributed by atoms with van der Waals surface area (Å²) in [5, 5.41) is 0. The predicted molar refractivity (Wildman–Crippen MR) is 63.3 cm³/mol. The third kappa shape index (κ3) is 2.97. The van der Waals surface area contributed by atoms with Crippen molar-refractivity contribution in [2.24, 2.45) is 11.7 Å². The van der Waals surface area contributed by atoms with E-state index in [4.69, 9.17) is 15.2 Å². The number of methoxy groups -OCH3 is 1. The summed E-state index contributed by atoms with van der Waals surface area (Å²) < 4.78 is 10.9. The number of benzene rings is 1. The van der Waals surface area contributed by atoms with Gasteiger partial charge in [-0.25, -0.2) is 0 Å². The first-order valence-electron chi connectivity index (χ1n) is 5.77. The number of nitrogens with two attached hydrogens (primary N) is 1. The Morgan fingerprint density at radius 1 is 1.38 bits per heavy atom. The summed E-state index contributed by atoms with van der Waals surface area (Å²) in [5.74, 6) is 1.67. The van der Waals surface area contributed by atoms with E-state index < -0.39 is 0 Å². The monoisotopic (exact) mass is 221 g/mol. The lowest BCUT2D eigenvalue weighted by atomic mass is 10.1. The molecule has 1 fully saturated rings. The molecule has 0 aliphatic heterocycles. The molecule has 3 heteroatoms. The molecule has 1 aromatic rings. The van der Waals surface area contributed by atoms with Crippen molar-refractivity contribution in [1.29, 1.82) is 0 Å². The van der Waals surface area contributed by atoms with Gasteiger partial charge >= 0.3 is 0 Å². The van der Waals surface area contributed by atoms with Gasteiger partial charge in [0.2, 0.25) is 0 Å². The SMILES string of the molecule is COc1cc(COCC2CC2)ccc1CN. The average molecular weight is 221 g/mol. The minimum absolute atomic E-state index is 0.506. The van der Waals surface area contributed by atoms with Gasteiger partial charge in [0.15, 0.2) is 0 Å². The number of rotatable bonds is 6. The molecule has 1 aromatic carbocycles. The van der Waals surface area contributed by atoms with E-state index in [1.165, 1.54) is 12.8 Å². The van der Waals surface area contributed by atoms with E-state index in [9.17, 15) is 0 Å². The first-order valence-corrected chi connectivity index (χ1v) is 5.77. The maximum atomic E-state index is 5.63. The van der Waals surface area contributed by atoms with Crippen LogP contribution in [0.5, 0.6) is 5.75 Å². The van der Waals surface area contributed by atoms with Crippen LogP contribution in [-0.4, -0.2) is 13.7 Å². The third-order valence-electron chi connectivity index (χ3n) is 2.89. The number of ether oxygens (including phenoxy) is 2. The van der Waals surface area contributed by atoms with Gasteiger partial charge in [0, 0.05) is 18.7 Å². The molecule has 1 aliphatic carbocycles. The van der Waals surface area contributed by atoms with Crippen molar-refractivity contribution in [3.63, 3.8) is 0 Å². The minimum Gasteiger partial charge on any atom is -0.496 e. The van der Waals surface area contributed by atoms with Crippen molar-refractivity contribution in [3.8, 4) is 5.75 Å². The fourth-order valence-corrected chi connectivity index (χ4v) is 1.68. The van der Waals surface area contributed by atoms with E-state index in [1.54, 1.807) is 7.11 Å². The van der Waals surface area contributed by atoms with Gasteiger partial charge < -0.3 is 15.2 Å². The minimum atomic E-state index is 0.506. The van der Waals surface area contributed by atoms with E-state index >= 15 is 0 Å². The molecule has 0 heterocycles. The van der Waals surface area contributed by atoms with Crippen LogP contribution in [0.25, 0.3) is 0 Å². The molecule has 0 spiro atoms. The maximum Gasteiger partial charge on any atom is 0.123 e. The molecule has 1 saturated carbocycles. The van der Waals surface area contributed by atoms with Gasteiger partial charge in [-0.1, -0.05) is 12.1 Å². The molecule has 2 N–H and O–H groups in total. The fraction of sp³-hybridized carbons (Fsp3) is 0.538. The fourth-order valence-electron chi connectivity index (χ4n) is 1.68. The molecule has 3 nitrogen and oxygen atoms in total. The Bertz CT molecular complexity index is 348. The standard InChI is InChI=1S/C13H19NO2/c1-15-13-6-11(4-5-12(13)7-14)9-16-8-10-2-3-10/h4-6,10H,2-3,7-9,14H2,1H3. The molecule has 0 aromatic heterocycles. The van der Waals surface area contributed by atoms with Crippen LogP contribution in [0.15, 0.2) is 18.2 Å². The summed E-state index contributed by atoms with van der Waals surface area (Å²) in [4.78, 5) is 0. The predicted octanol–water partition coefficient (Wildman–Crippen LogP) is 2.08. The summed E-state index contributed by atoms with van der Waals surface area (Å²) >= 11 is 0. The normalized spacial score (nSPS) is 15.1. The molecule has 1 aliphatic rings. The van der Waals surface area contributed by atoms with Crippen LogP contribution in [0, 0.1) is 5.92 Å². The Morgan fingerprint density at radius 3 is 2.81 bits per heavy atom. The van der Waals surface area contributed by atoms with Gasteiger partial charge in [0.1, 0.15) is 5.75 Å². The highest BCUT2D eigenvalue weighted by molar-refractivity contribution is 5.37. The first kappa shape index (κ1) is 11.4. The molecule has 2 rings (SSSR count). The van der Waals surface area contributed by atoms with Crippen molar-refractivity contribution in [1.82, 2.24) is 0 Å². The van der Waals surface area contributed by atoms with Gasteiger partial charge in [0.05, 0.1) is 13.7 Å². The lowest BCUT2D eigenvalue weighted by Crippen LogP contribution is -2.02. The molecular formula is C13H19NO2. The van der Waals surface area contributed by atoms with Gasteiger partial charge in [0.25, 0.3) is 0 Å². The Labute approximate surface area is 96.5 Å². The summed E-state index contributed by atoms with van der Waals surface area (Å²) in [5.41, 5.74) is 7.80. The van der Waals surface area contributed by atoms with Crippen LogP contribution in [0.3, 0.4) is 0 Å². The van der Waals surface area contributed by atoms with E-state index in [0.29, 0.717) is 13.2 Å². The van der Waals surface area contributed by atoms with Gasteiger partial charge in [-0.15, -0.1) is 0 Å². The van der Waals surface area contributed by atoms with Crippen molar-refractivity contribution in [2.75, 3.05) is 13.7 Å². The zero-order valence-electron chi connectivity index (χ0n) is 9.74. The van der Waals surface area contributed by atoms with Gasteiger partial charge in [-0.2, -0.15) is 0 Å². The van der Waals surface area contributed by atoms with Crippen LogP contribution >= 0.6 is 0 Å². The van der Waals surface area contributed by atoms with Gasteiger partial charge in [-0.3, -0.25) is 0 Å². The van der Waals surface area contributed by atoms with Crippen LogP contribution < -0.4 is 10.5 Å².